The van der Waals surface area contributed by atoms with Crippen molar-refractivity contribution in [2.75, 3.05) is 32.2 Å². The highest BCUT2D eigenvalue weighted by Crippen LogP contribution is 2.04. The van der Waals surface area contributed by atoms with Crippen LogP contribution >= 0.6 is 0 Å². The van der Waals surface area contributed by atoms with Gasteiger partial charge in [-0.05, 0) is 24.3 Å². The van der Waals surface area contributed by atoms with Crippen molar-refractivity contribution < 1.29 is 5.32 Å². The molecule has 8 N–H and O–H groups in total. The van der Waals surface area contributed by atoms with E-state index >= 15 is 0 Å². The molecule has 0 radical (unpaired) electrons. The van der Waals surface area contributed by atoms with Gasteiger partial charge in [0.05, 0.1) is 19.9 Å². The number of rotatable bonds is 3. The lowest BCUT2D eigenvalue weighted by molar-refractivity contribution is -0.557. The fourth-order valence-electron chi connectivity index (χ4n) is 0.790. The molecule has 0 aliphatic carbocycles. The monoisotopic (exact) mass is 224 g/mol. The first-order valence-corrected chi connectivity index (χ1v) is 5.07. The molecule has 5 nitrogen and oxygen atoms in total. The molecule has 0 fully saturated rings. The minimum atomic E-state index is 0.574. The van der Waals surface area contributed by atoms with Crippen molar-refractivity contribution in [2.45, 2.75) is 0 Å². The Morgan fingerprint density at radius 2 is 1.62 bits per heavy atom. The Morgan fingerprint density at radius 3 is 1.94 bits per heavy atom. The van der Waals surface area contributed by atoms with E-state index in [1.165, 1.54) is 0 Å². The highest BCUT2D eigenvalue weighted by Gasteiger charge is 1.81. The van der Waals surface area contributed by atoms with Crippen molar-refractivity contribution in [3.8, 4) is 0 Å². The van der Waals surface area contributed by atoms with Crippen LogP contribution in [0, 0.1) is 0 Å². The van der Waals surface area contributed by atoms with Crippen molar-refractivity contribution in [3.63, 3.8) is 0 Å². The van der Waals surface area contributed by atoms with E-state index in [9.17, 15) is 0 Å². The van der Waals surface area contributed by atoms with Crippen molar-refractivity contribution in [1.29, 1.82) is 0 Å². The SMILES string of the molecule is C[NH2+]/C=C\N(C)CN.Nc1ccc(N)cc1. The minimum Gasteiger partial charge on any atom is -0.399 e. The van der Waals surface area contributed by atoms with Gasteiger partial charge in [0, 0.05) is 18.4 Å². The second kappa shape index (κ2) is 8.58. The first-order chi connectivity index (χ1) is 7.60. The van der Waals surface area contributed by atoms with Crippen molar-refractivity contribution >= 4 is 11.4 Å². The minimum absolute atomic E-state index is 0.574. The Morgan fingerprint density at radius 1 is 1.19 bits per heavy atom. The zero-order chi connectivity index (χ0) is 12.4. The summed E-state index contributed by atoms with van der Waals surface area (Å²) < 4.78 is 0. The molecule has 0 saturated heterocycles. The van der Waals surface area contributed by atoms with Gasteiger partial charge in [-0.2, -0.15) is 0 Å². The molecule has 0 aliphatic rings. The molecule has 0 atom stereocenters. The lowest BCUT2D eigenvalue weighted by Crippen LogP contribution is -2.72. The molecule has 1 rings (SSSR count). The molecule has 0 aromatic heterocycles. The molecule has 0 amide bonds. The number of anilines is 2. The quantitative estimate of drug-likeness (QED) is 0.405. The summed E-state index contributed by atoms with van der Waals surface area (Å²) >= 11 is 0. The van der Waals surface area contributed by atoms with Crippen LogP contribution in [0.1, 0.15) is 0 Å². The molecular formula is C11H22N5+. The molecule has 1 aromatic rings. The van der Waals surface area contributed by atoms with Crippen LogP contribution in [0.15, 0.2) is 36.7 Å². The van der Waals surface area contributed by atoms with Gasteiger partial charge in [-0.25, -0.2) is 0 Å². The third-order valence-corrected chi connectivity index (χ3v) is 1.76. The lowest BCUT2D eigenvalue weighted by Gasteiger charge is -2.06. The molecule has 5 heteroatoms. The van der Waals surface area contributed by atoms with E-state index in [1.54, 1.807) is 24.3 Å². The van der Waals surface area contributed by atoms with Gasteiger partial charge in [0.25, 0.3) is 0 Å². The largest absolute Gasteiger partial charge is 0.399 e. The number of nitrogens with zero attached hydrogens (tertiary/aromatic N) is 1. The van der Waals surface area contributed by atoms with Gasteiger partial charge in [-0.3, -0.25) is 0 Å². The predicted octanol–water partition coefficient (Wildman–Crippen LogP) is -0.650. The average molecular weight is 224 g/mol. The molecule has 0 heterocycles. The molecular weight excluding hydrogens is 202 g/mol. The first-order valence-electron chi connectivity index (χ1n) is 5.07. The summed E-state index contributed by atoms with van der Waals surface area (Å²) in [5, 5.41) is 1.96. The molecule has 0 bridgehead atoms. The summed E-state index contributed by atoms with van der Waals surface area (Å²) in [6.45, 7) is 0.574. The maximum atomic E-state index is 5.37. The maximum absolute atomic E-state index is 5.37. The van der Waals surface area contributed by atoms with Gasteiger partial charge < -0.3 is 27.4 Å². The van der Waals surface area contributed by atoms with Crippen molar-refractivity contribution in [2.24, 2.45) is 5.73 Å². The average Bonchev–Trinajstić information content (AvgIpc) is 2.30. The topological polar surface area (TPSA) is 97.9 Å². The van der Waals surface area contributed by atoms with E-state index < -0.39 is 0 Å². The molecule has 0 aliphatic heterocycles. The van der Waals surface area contributed by atoms with E-state index in [4.69, 9.17) is 17.2 Å². The Balaban J connectivity index is 0.000000281. The molecule has 0 spiro atoms. The number of nitrogen functional groups attached to an aromatic ring is 2. The normalized spacial score (nSPS) is 9.69. The fraction of sp³-hybridized carbons (Fsp3) is 0.273. The summed E-state index contributed by atoms with van der Waals surface area (Å²) in [5.74, 6) is 0. The van der Waals surface area contributed by atoms with E-state index in [0.29, 0.717) is 6.67 Å². The number of nitrogens with two attached hydrogens (primary N) is 4. The van der Waals surface area contributed by atoms with Gasteiger partial charge in [-0.15, -0.1) is 0 Å². The summed E-state index contributed by atoms with van der Waals surface area (Å²) in [7, 11) is 3.90. The smallest absolute Gasteiger partial charge is 0.108 e. The van der Waals surface area contributed by atoms with E-state index in [2.05, 4.69) is 0 Å². The second-order valence-electron chi connectivity index (χ2n) is 3.28. The molecule has 16 heavy (non-hydrogen) atoms. The first kappa shape index (κ1) is 14.3. The van der Waals surface area contributed by atoms with Gasteiger partial charge in [-0.1, -0.05) is 0 Å². The van der Waals surface area contributed by atoms with Crippen LogP contribution in [-0.2, 0) is 0 Å². The van der Waals surface area contributed by atoms with Gasteiger partial charge >= 0.3 is 0 Å². The Bertz CT molecular complexity index is 273. The second-order valence-corrected chi connectivity index (χ2v) is 3.28. The number of hydrogen-bond acceptors (Lipinski definition) is 4. The van der Waals surface area contributed by atoms with E-state index in [0.717, 1.165) is 11.4 Å². The molecule has 0 saturated carbocycles. The maximum Gasteiger partial charge on any atom is 0.108 e. The highest BCUT2D eigenvalue weighted by molar-refractivity contribution is 5.47. The van der Waals surface area contributed by atoms with E-state index in [-0.39, 0.29) is 0 Å². The zero-order valence-corrected chi connectivity index (χ0v) is 9.93. The fourth-order valence-corrected chi connectivity index (χ4v) is 0.790. The van der Waals surface area contributed by atoms with Gasteiger partial charge in [0.1, 0.15) is 6.20 Å². The van der Waals surface area contributed by atoms with Crippen LogP contribution in [-0.4, -0.2) is 25.7 Å². The Hall–Kier alpha value is -1.72. The number of hydrogen-bond donors (Lipinski definition) is 4. The number of benzene rings is 1. The van der Waals surface area contributed by atoms with Crippen LogP contribution in [0.25, 0.3) is 0 Å². The third kappa shape index (κ3) is 7.66. The summed E-state index contributed by atoms with van der Waals surface area (Å²) in [6.07, 6.45) is 3.88. The van der Waals surface area contributed by atoms with Gasteiger partial charge in [0.2, 0.25) is 0 Å². The lowest BCUT2D eigenvalue weighted by atomic mass is 10.3. The van der Waals surface area contributed by atoms with Crippen LogP contribution < -0.4 is 22.5 Å². The van der Waals surface area contributed by atoms with Crippen molar-refractivity contribution in [1.82, 2.24) is 4.90 Å². The molecule has 1 aromatic carbocycles. The summed E-state index contributed by atoms with van der Waals surface area (Å²) in [4.78, 5) is 1.90. The summed E-state index contributed by atoms with van der Waals surface area (Å²) in [6, 6.07) is 7.09. The van der Waals surface area contributed by atoms with E-state index in [1.807, 2.05) is 36.7 Å². The zero-order valence-electron chi connectivity index (χ0n) is 9.93. The van der Waals surface area contributed by atoms with Crippen LogP contribution in [0.3, 0.4) is 0 Å². The van der Waals surface area contributed by atoms with Crippen LogP contribution in [0.4, 0.5) is 11.4 Å². The standard InChI is InChI=1S/C6H8N2.C5H13N3/c7-5-1-2-6(8)4-3-5;1-7-3-4-8(2)5-6/h1-4H,7-8H2;3-4,7H,5-6H2,1-2H3/p+1/b;4-3-. The van der Waals surface area contributed by atoms with Crippen LogP contribution in [0.2, 0.25) is 0 Å². The Kier molecular flexibility index (Phi) is 7.66. The number of quaternary nitrogens is 1. The summed E-state index contributed by atoms with van der Waals surface area (Å²) in [5.41, 5.74) is 17.5. The molecule has 0 unspecified atom stereocenters. The molecule has 90 valence electrons. The van der Waals surface area contributed by atoms with Crippen LogP contribution in [0.5, 0.6) is 0 Å². The Labute approximate surface area is 96.9 Å². The highest BCUT2D eigenvalue weighted by atomic mass is 15.1. The predicted molar refractivity (Wildman–Crippen MR) is 69.1 cm³/mol. The van der Waals surface area contributed by atoms with Crippen molar-refractivity contribution in [3.05, 3.63) is 36.7 Å². The van der Waals surface area contributed by atoms with Gasteiger partial charge in [0.15, 0.2) is 0 Å². The third-order valence-electron chi connectivity index (χ3n) is 1.76.